The van der Waals surface area contributed by atoms with Crippen LogP contribution in [0.3, 0.4) is 0 Å². The molecule has 6 nitrogen and oxygen atoms in total. The molecule has 0 saturated carbocycles. The SMILES string of the molecule is COc1ccc(C(=O)O[C@H](C)c2nc3ccccc3[nH]2)cc1OC(F)F. The smallest absolute Gasteiger partial charge is 0.387 e. The van der Waals surface area contributed by atoms with Crippen molar-refractivity contribution in [1.82, 2.24) is 9.97 Å². The molecule has 0 amide bonds. The number of benzene rings is 2. The van der Waals surface area contributed by atoms with E-state index in [1.165, 1.54) is 19.2 Å². The van der Waals surface area contributed by atoms with Crippen LogP contribution in [0.5, 0.6) is 11.5 Å². The molecule has 26 heavy (non-hydrogen) atoms. The number of nitrogens with one attached hydrogen (secondary N) is 1. The zero-order chi connectivity index (χ0) is 18.7. The number of aromatic nitrogens is 2. The Hall–Kier alpha value is -3.16. The van der Waals surface area contributed by atoms with Crippen LogP contribution in [0.1, 0.15) is 29.2 Å². The lowest BCUT2D eigenvalue weighted by Crippen LogP contribution is -2.11. The van der Waals surface area contributed by atoms with Crippen molar-refractivity contribution >= 4 is 17.0 Å². The third-order valence-electron chi connectivity index (χ3n) is 3.69. The molecule has 3 aromatic rings. The molecule has 1 N–H and O–H groups in total. The first kappa shape index (κ1) is 17.7. The van der Waals surface area contributed by atoms with Gasteiger partial charge in [-0.1, -0.05) is 12.1 Å². The second-order valence-electron chi connectivity index (χ2n) is 5.43. The number of nitrogens with zero attached hydrogens (tertiary/aromatic N) is 1. The Labute approximate surface area is 147 Å². The number of para-hydroxylation sites is 2. The first-order valence-corrected chi connectivity index (χ1v) is 7.76. The second kappa shape index (κ2) is 7.38. The van der Waals surface area contributed by atoms with E-state index in [2.05, 4.69) is 14.7 Å². The summed E-state index contributed by atoms with van der Waals surface area (Å²) < 4.78 is 39.7. The topological polar surface area (TPSA) is 73.4 Å². The van der Waals surface area contributed by atoms with Crippen molar-refractivity contribution in [3.05, 3.63) is 53.9 Å². The van der Waals surface area contributed by atoms with E-state index in [0.29, 0.717) is 5.82 Å². The predicted molar refractivity (Wildman–Crippen MR) is 89.6 cm³/mol. The van der Waals surface area contributed by atoms with Gasteiger partial charge in [0.15, 0.2) is 17.6 Å². The zero-order valence-electron chi connectivity index (χ0n) is 14.0. The number of carbonyl (C=O) groups excluding carboxylic acids is 1. The van der Waals surface area contributed by atoms with Crippen molar-refractivity contribution in [2.24, 2.45) is 0 Å². The van der Waals surface area contributed by atoms with Crippen LogP contribution >= 0.6 is 0 Å². The molecule has 0 aliphatic heterocycles. The van der Waals surface area contributed by atoms with E-state index < -0.39 is 18.7 Å². The molecule has 0 spiro atoms. The number of H-pyrrole nitrogens is 1. The zero-order valence-corrected chi connectivity index (χ0v) is 14.0. The number of imidazole rings is 1. The molecule has 0 bridgehead atoms. The lowest BCUT2D eigenvalue weighted by Gasteiger charge is -2.13. The highest BCUT2D eigenvalue weighted by Crippen LogP contribution is 2.30. The largest absolute Gasteiger partial charge is 0.493 e. The van der Waals surface area contributed by atoms with E-state index in [4.69, 9.17) is 9.47 Å². The van der Waals surface area contributed by atoms with Gasteiger partial charge < -0.3 is 19.2 Å². The van der Waals surface area contributed by atoms with Crippen LogP contribution in [0, 0.1) is 0 Å². The van der Waals surface area contributed by atoms with Crippen molar-refractivity contribution < 1.29 is 27.8 Å². The van der Waals surface area contributed by atoms with Crippen LogP contribution in [0.25, 0.3) is 11.0 Å². The fourth-order valence-corrected chi connectivity index (χ4v) is 2.44. The lowest BCUT2D eigenvalue weighted by molar-refractivity contribution is -0.0513. The normalized spacial score (nSPS) is 12.2. The maximum absolute atomic E-state index is 12.5. The molecule has 0 aliphatic carbocycles. The van der Waals surface area contributed by atoms with Crippen LogP contribution < -0.4 is 9.47 Å². The number of carbonyl (C=O) groups is 1. The molecular formula is C18H16F2N2O4. The quantitative estimate of drug-likeness (QED) is 0.669. The number of ether oxygens (including phenoxy) is 3. The van der Waals surface area contributed by atoms with Crippen molar-refractivity contribution in [2.75, 3.05) is 7.11 Å². The Kier molecular flexibility index (Phi) is 5.01. The van der Waals surface area contributed by atoms with Gasteiger partial charge in [-0.25, -0.2) is 9.78 Å². The Balaban J connectivity index is 1.78. The number of esters is 1. The van der Waals surface area contributed by atoms with Gasteiger partial charge in [0.2, 0.25) is 0 Å². The molecule has 136 valence electrons. The minimum Gasteiger partial charge on any atom is -0.493 e. The molecule has 0 fully saturated rings. The van der Waals surface area contributed by atoms with Crippen LogP contribution in [0.2, 0.25) is 0 Å². The summed E-state index contributed by atoms with van der Waals surface area (Å²) in [6.07, 6.45) is -0.656. The maximum atomic E-state index is 12.5. The molecule has 1 atom stereocenters. The van der Waals surface area contributed by atoms with Gasteiger partial charge >= 0.3 is 12.6 Å². The van der Waals surface area contributed by atoms with Crippen molar-refractivity contribution in [3.63, 3.8) is 0 Å². The van der Waals surface area contributed by atoms with Crippen LogP contribution in [-0.4, -0.2) is 29.7 Å². The van der Waals surface area contributed by atoms with E-state index in [1.807, 2.05) is 24.3 Å². The molecule has 1 aromatic heterocycles. The van der Waals surface area contributed by atoms with Gasteiger partial charge in [-0.15, -0.1) is 0 Å². The van der Waals surface area contributed by atoms with Gasteiger partial charge in [-0.2, -0.15) is 8.78 Å². The highest BCUT2D eigenvalue weighted by atomic mass is 19.3. The summed E-state index contributed by atoms with van der Waals surface area (Å²) in [6, 6.07) is 11.3. The molecule has 0 aliphatic rings. The van der Waals surface area contributed by atoms with Crippen LogP contribution in [0.15, 0.2) is 42.5 Å². The van der Waals surface area contributed by atoms with Crippen LogP contribution in [0.4, 0.5) is 8.78 Å². The number of aromatic amines is 1. The summed E-state index contributed by atoms with van der Waals surface area (Å²) in [5.74, 6) is -0.364. The summed E-state index contributed by atoms with van der Waals surface area (Å²) in [7, 11) is 1.31. The van der Waals surface area contributed by atoms with E-state index in [0.717, 1.165) is 17.1 Å². The summed E-state index contributed by atoms with van der Waals surface area (Å²) in [4.78, 5) is 19.8. The van der Waals surface area contributed by atoms with Gasteiger partial charge in [0.25, 0.3) is 0 Å². The highest BCUT2D eigenvalue weighted by molar-refractivity contribution is 5.90. The first-order chi connectivity index (χ1) is 12.5. The third kappa shape index (κ3) is 3.74. The fourth-order valence-electron chi connectivity index (χ4n) is 2.44. The van der Waals surface area contributed by atoms with Gasteiger partial charge in [0.1, 0.15) is 5.82 Å². The number of hydrogen-bond donors (Lipinski definition) is 1. The summed E-state index contributed by atoms with van der Waals surface area (Å²) in [5.41, 5.74) is 1.63. The number of alkyl halides is 2. The van der Waals surface area contributed by atoms with E-state index in [1.54, 1.807) is 6.92 Å². The predicted octanol–water partition coefficient (Wildman–Crippen LogP) is 4.09. The monoisotopic (exact) mass is 362 g/mol. The maximum Gasteiger partial charge on any atom is 0.387 e. The fraction of sp³-hybridized carbons (Fsp3) is 0.222. The number of methoxy groups -OCH3 is 1. The Bertz CT molecular complexity index is 893. The lowest BCUT2D eigenvalue weighted by atomic mass is 10.2. The Morgan fingerprint density at radius 3 is 2.62 bits per heavy atom. The summed E-state index contributed by atoms with van der Waals surface area (Å²) in [5, 5.41) is 0. The number of halogens is 2. The molecule has 8 heteroatoms. The van der Waals surface area contributed by atoms with Gasteiger partial charge in [-0.05, 0) is 37.3 Å². The highest BCUT2D eigenvalue weighted by Gasteiger charge is 2.19. The van der Waals surface area contributed by atoms with Gasteiger partial charge in [-0.3, -0.25) is 0 Å². The van der Waals surface area contributed by atoms with Crippen LogP contribution in [-0.2, 0) is 4.74 Å². The average molecular weight is 362 g/mol. The molecule has 3 rings (SSSR count). The number of hydrogen-bond acceptors (Lipinski definition) is 5. The Morgan fingerprint density at radius 2 is 1.92 bits per heavy atom. The second-order valence-corrected chi connectivity index (χ2v) is 5.43. The average Bonchev–Trinajstić information content (AvgIpc) is 3.05. The molecule has 1 heterocycles. The number of fused-ring (bicyclic) bond motifs is 1. The van der Waals surface area contributed by atoms with E-state index >= 15 is 0 Å². The third-order valence-corrected chi connectivity index (χ3v) is 3.69. The molecule has 2 aromatic carbocycles. The number of rotatable bonds is 6. The minimum absolute atomic E-state index is 0.0596. The Morgan fingerprint density at radius 1 is 1.15 bits per heavy atom. The van der Waals surface area contributed by atoms with Crippen molar-refractivity contribution in [3.8, 4) is 11.5 Å². The standard InChI is InChI=1S/C18H16F2N2O4/c1-10(16-21-12-5-3-4-6-13(12)22-16)25-17(23)11-7-8-14(24-2)15(9-11)26-18(19)20/h3-10,18H,1-2H3,(H,21,22)/t10-/m1/s1. The molecule has 0 saturated heterocycles. The van der Waals surface area contributed by atoms with E-state index in [9.17, 15) is 13.6 Å². The minimum atomic E-state index is -3.04. The van der Waals surface area contributed by atoms with Gasteiger partial charge in [0.05, 0.1) is 23.7 Å². The van der Waals surface area contributed by atoms with Gasteiger partial charge in [0, 0.05) is 0 Å². The van der Waals surface area contributed by atoms with Crippen molar-refractivity contribution in [1.29, 1.82) is 0 Å². The summed E-state index contributed by atoms with van der Waals surface area (Å²) in [6.45, 7) is -1.37. The first-order valence-electron chi connectivity index (χ1n) is 7.76. The molecular weight excluding hydrogens is 346 g/mol. The van der Waals surface area contributed by atoms with Crippen molar-refractivity contribution in [2.45, 2.75) is 19.6 Å². The molecule has 0 unspecified atom stereocenters. The molecule has 0 radical (unpaired) electrons. The summed E-state index contributed by atoms with van der Waals surface area (Å²) >= 11 is 0. The van der Waals surface area contributed by atoms with E-state index in [-0.39, 0.29) is 17.1 Å².